The van der Waals surface area contributed by atoms with Gasteiger partial charge in [0.25, 0.3) is 0 Å². The van der Waals surface area contributed by atoms with Crippen molar-refractivity contribution in [2.45, 2.75) is 19.6 Å². The highest BCUT2D eigenvalue weighted by molar-refractivity contribution is 7.98. The molecular formula is C13H20N2O2S. The predicted octanol–water partition coefficient (Wildman–Crippen LogP) is 2.68. The minimum atomic E-state index is 0.0632. The number of methoxy groups -OCH3 is 1. The Bertz CT molecular complexity index is 419. The lowest BCUT2D eigenvalue weighted by atomic mass is 10.1. The van der Waals surface area contributed by atoms with Gasteiger partial charge in [-0.3, -0.25) is 0 Å². The molecule has 0 heterocycles. The van der Waals surface area contributed by atoms with Gasteiger partial charge in [-0.15, -0.1) is 0 Å². The molecule has 0 aliphatic rings. The van der Waals surface area contributed by atoms with Gasteiger partial charge in [-0.1, -0.05) is 25.1 Å². The van der Waals surface area contributed by atoms with Gasteiger partial charge in [-0.2, -0.15) is 11.8 Å². The van der Waals surface area contributed by atoms with Gasteiger partial charge < -0.3 is 15.7 Å². The number of nitrogens with zero attached hydrogens (tertiary/aromatic N) is 1. The number of thioether (sulfide) groups is 1. The maximum Gasteiger partial charge on any atom is 0.173 e. The molecule has 4 nitrogen and oxygen atoms in total. The summed E-state index contributed by atoms with van der Waals surface area (Å²) >= 11 is 1.89. The molecule has 3 N–H and O–H groups in total. The van der Waals surface area contributed by atoms with E-state index in [0.29, 0.717) is 17.2 Å². The first-order valence-electron chi connectivity index (χ1n) is 5.81. The second-order valence-corrected chi connectivity index (χ2v) is 5.46. The lowest BCUT2D eigenvalue weighted by Crippen LogP contribution is -2.14. The van der Waals surface area contributed by atoms with E-state index in [2.05, 4.69) is 19.0 Å². The third-order valence-electron chi connectivity index (χ3n) is 2.37. The fourth-order valence-corrected chi connectivity index (χ4v) is 2.51. The Morgan fingerprint density at radius 3 is 2.78 bits per heavy atom. The molecule has 0 fully saturated rings. The standard InChI is InChI=1S/C13H20N2O2S/c1-9(2)7-18-8-10-4-5-11(13(14)15-16)12(6-10)17-3/h4-6,9,16H,7-8H2,1-3H3,(H2,14,15). The molecule has 100 valence electrons. The summed E-state index contributed by atoms with van der Waals surface area (Å²) in [6.07, 6.45) is 0. The van der Waals surface area contributed by atoms with Crippen LogP contribution in [-0.2, 0) is 5.75 Å². The zero-order valence-corrected chi connectivity index (χ0v) is 11.8. The number of hydrogen-bond acceptors (Lipinski definition) is 4. The molecule has 0 aromatic heterocycles. The van der Waals surface area contributed by atoms with Gasteiger partial charge in [-0.05, 0) is 29.4 Å². The smallest absolute Gasteiger partial charge is 0.173 e. The van der Waals surface area contributed by atoms with E-state index in [0.717, 1.165) is 11.5 Å². The average molecular weight is 268 g/mol. The van der Waals surface area contributed by atoms with Crippen molar-refractivity contribution in [1.82, 2.24) is 0 Å². The first-order chi connectivity index (χ1) is 8.58. The summed E-state index contributed by atoms with van der Waals surface area (Å²) in [7, 11) is 1.58. The molecular weight excluding hydrogens is 248 g/mol. The van der Waals surface area contributed by atoms with Crippen LogP contribution in [0, 0.1) is 5.92 Å². The highest BCUT2D eigenvalue weighted by Crippen LogP contribution is 2.23. The summed E-state index contributed by atoms with van der Waals surface area (Å²) in [5.74, 6) is 3.45. The van der Waals surface area contributed by atoms with Gasteiger partial charge in [0.15, 0.2) is 5.84 Å². The Morgan fingerprint density at radius 1 is 1.50 bits per heavy atom. The summed E-state index contributed by atoms with van der Waals surface area (Å²) in [4.78, 5) is 0. The number of hydrogen-bond donors (Lipinski definition) is 2. The van der Waals surface area contributed by atoms with Crippen molar-refractivity contribution in [3.63, 3.8) is 0 Å². The summed E-state index contributed by atoms with van der Waals surface area (Å²) in [6.45, 7) is 4.41. The van der Waals surface area contributed by atoms with Crippen molar-refractivity contribution in [1.29, 1.82) is 0 Å². The Morgan fingerprint density at radius 2 is 2.22 bits per heavy atom. The van der Waals surface area contributed by atoms with Crippen molar-refractivity contribution in [2.75, 3.05) is 12.9 Å². The second-order valence-electron chi connectivity index (χ2n) is 4.43. The molecule has 0 radical (unpaired) electrons. The molecule has 1 aromatic carbocycles. The number of oxime groups is 1. The van der Waals surface area contributed by atoms with E-state index >= 15 is 0 Å². The maximum atomic E-state index is 8.68. The summed E-state index contributed by atoms with van der Waals surface area (Å²) in [5.41, 5.74) is 7.36. The molecule has 0 atom stereocenters. The first-order valence-corrected chi connectivity index (χ1v) is 6.96. The minimum Gasteiger partial charge on any atom is -0.496 e. The van der Waals surface area contributed by atoms with Crippen LogP contribution < -0.4 is 10.5 Å². The molecule has 0 spiro atoms. The van der Waals surface area contributed by atoms with Gasteiger partial charge in [0.1, 0.15) is 5.75 Å². The molecule has 0 saturated heterocycles. The van der Waals surface area contributed by atoms with Crippen LogP contribution in [0.15, 0.2) is 23.4 Å². The molecule has 1 rings (SSSR count). The van der Waals surface area contributed by atoms with Gasteiger partial charge in [0, 0.05) is 5.75 Å². The molecule has 0 saturated carbocycles. The zero-order chi connectivity index (χ0) is 13.5. The predicted molar refractivity (Wildman–Crippen MR) is 76.5 cm³/mol. The minimum absolute atomic E-state index is 0.0632. The van der Waals surface area contributed by atoms with Crippen molar-refractivity contribution < 1.29 is 9.94 Å². The molecule has 0 aliphatic carbocycles. The third kappa shape index (κ3) is 4.14. The van der Waals surface area contributed by atoms with Crippen LogP contribution in [0.3, 0.4) is 0 Å². The number of amidine groups is 1. The van der Waals surface area contributed by atoms with Crippen molar-refractivity contribution in [2.24, 2.45) is 16.8 Å². The number of benzene rings is 1. The van der Waals surface area contributed by atoms with E-state index < -0.39 is 0 Å². The van der Waals surface area contributed by atoms with E-state index in [4.69, 9.17) is 15.7 Å². The highest BCUT2D eigenvalue weighted by Gasteiger charge is 2.08. The molecule has 18 heavy (non-hydrogen) atoms. The highest BCUT2D eigenvalue weighted by atomic mass is 32.2. The molecule has 1 aromatic rings. The monoisotopic (exact) mass is 268 g/mol. The van der Waals surface area contributed by atoms with Gasteiger partial charge in [0.05, 0.1) is 12.7 Å². The fraction of sp³-hybridized carbons (Fsp3) is 0.462. The molecule has 0 bridgehead atoms. The Balaban J connectivity index is 2.79. The van der Waals surface area contributed by atoms with Crippen LogP contribution in [0.2, 0.25) is 0 Å². The van der Waals surface area contributed by atoms with Crippen LogP contribution >= 0.6 is 11.8 Å². The summed E-state index contributed by atoms with van der Waals surface area (Å²) in [5, 5.41) is 11.7. The van der Waals surface area contributed by atoms with Crippen LogP contribution in [0.4, 0.5) is 0 Å². The van der Waals surface area contributed by atoms with Gasteiger partial charge >= 0.3 is 0 Å². The third-order valence-corrected chi connectivity index (χ3v) is 3.81. The Kier molecular flexibility index (Phi) is 5.85. The van der Waals surface area contributed by atoms with Crippen LogP contribution in [0.25, 0.3) is 0 Å². The normalized spacial score (nSPS) is 11.9. The lowest BCUT2D eigenvalue weighted by molar-refractivity contribution is 0.318. The van der Waals surface area contributed by atoms with Gasteiger partial charge in [0.2, 0.25) is 0 Å². The number of rotatable bonds is 6. The van der Waals surface area contributed by atoms with E-state index in [1.165, 1.54) is 5.56 Å². The van der Waals surface area contributed by atoms with Crippen molar-refractivity contribution in [3.05, 3.63) is 29.3 Å². The Hall–Kier alpha value is -1.36. The number of ether oxygens (including phenoxy) is 1. The molecule has 5 heteroatoms. The Labute approximate surface area is 112 Å². The van der Waals surface area contributed by atoms with Crippen molar-refractivity contribution >= 4 is 17.6 Å². The van der Waals surface area contributed by atoms with Gasteiger partial charge in [-0.25, -0.2) is 0 Å². The largest absolute Gasteiger partial charge is 0.496 e. The van der Waals surface area contributed by atoms with E-state index in [1.54, 1.807) is 7.11 Å². The van der Waals surface area contributed by atoms with E-state index in [-0.39, 0.29) is 5.84 Å². The summed E-state index contributed by atoms with van der Waals surface area (Å²) < 4.78 is 5.26. The molecule has 0 unspecified atom stereocenters. The lowest BCUT2D eigenvalue weighted by Gasteiger charge is -2.10. The first kappa shape index (κ1) is 14.7. The average Bonchev–Trinajstić information content (AvgIpc) is 2.37. The SMILES string of the molecule is COc1cc(CSCC(C)C)ccc1/C(N)=N/O. The second kappa shape index (κ2) is 7.16. The maximum absolute atomic E-state index is 8.68. The van der Waals surface area contributed by atoms with Crippen molar-refractivity contribution in [3.8, 4) is 5.75 Å². The van der Waals surface area contributed by atoms with Crippen LogP contribution in [0.5, 0.6) is 5.75 Å². The zero-order valence-electron chi connectivity index (χ0n) is 11.0. The fourth-order valence-electron chi connectivity index (χ4n) is 1.50. The van der Waals surface area contributed by atoms with Crippen LogP contribution in [0.1, 0.15) is 25.0 Å². The molecule has 0 amide bonds. The quantitative estimate of drug-likeness (QED) is 0.360. The summed E-state index contributed by atoms with van der Waals surface area (Å²) in [6, 6.07) is 5.73. The van der Waals surface area contributed by atoms with E-state index in [1.807, 2.05) is 30.0 Å². The topological polar surface area (TPSA) is 67.8 Å². The van der Waals surface area contributed by atoms with Crippen LogP contribution in [-0.4, -0.2) is 23.9 Å². The number of nitrogens with two attached hydrogens (primary N) is 1. The molecule has 0 aliphatic heterocycles. The van der Waals surface area contributed by atoms with E-state index in [9.17, 15) is 0 Å².